The molecule has 1 aromatic rings. The fraction of sp³-hybridized carbons (Fsp3) is 0.286. The summed E-state index contributed by atoms with van der Waals surface area (Å²) in [7, 11) is 0. The number of benzene rings is 1. The van der Waals surface area contributed by atoms with Crippen molar-refractivity contribution in [2.75, 3.05) is 11.9 Å². The van der Waals surface area contributed by atoms with Gasteiger partial charge in [-0.05, 0) is 12.1 Å². The summed E-state index contributed by atoms with van der Waals surface area (Å²) in [5.41, 5.74) is 0.978. The molecular formula is C14H18N2O2. The third kappa shape index (κ3) is 3.73. The Labute approximate surface area is 107 Å². The number of carbonyl (C=O) groups is 2. The van der Waals surface area contributed by atoms with E-state index >= 15 is 0 Å². The molecule has 0 saturated heterocycles. The standard InChI is InChI=1S/C14H18N2O2/c1-4-9-15-14(18)11-7-5-6-8-12(11)16-13(17)10(2)3/h4-8,10H,1,9H2,2-3H3,(H,15,18)(H,16,17). The van der Waals surface area contributed by atoms with E-state index in [0.717, 1.165) is 0 Å². The van der Waals surface area contributed by atoms with Crippen LogP contribution in [0.2, 0.25) is 0 Å². The molecule has 0 aliphatic heterocycles. The van der Waals surface area contributed by atoms with Crippen molar-refractivity contribution in [1.29, 1.82) is 0 Å². The summed E-state index contributed by atoms with van der Waals surface area (Å²) in [5.74, 6) is -0.470. The van der Waals surface area contributed by atoms with E-state index in [1.165, 1.54) is 0 Å². The van der Waals surface area contributed by atoms with Crippen LogP contribution in [0.15, 0.2) is 36.9 Å². The first kappa shape index (κ1) is 14.0. The van der Waals surface area contributed by atoms with Crippen molar-refractivity contribution in [3.63, 3.8) is 0 Å². The van der Waals surface area contributed by atoms with Gasteiger partial charge in [-0.25, -0.2) is 0 Å². The van der Waals surface area contributed by atoms with E-state index in [1.54, 1.807) is 44.2 Å². The summed E-state index contributed by atoms with van der Waals surface area (Å²) in [6.45, 7) is 7.53. The summed E-state index contributed by atoms with van der Waals surface area (Å²) in [6, 6.07) is 6.92. The van der Waals surface area contributed by atoms with Crippen LogP contribution in [0.3, 0.4) is 0 Å². The van der Waals surface area contributed by atoms with Crippen molar-refractivity contribution < 1.29 is 9.59 Å². The van der Waals surface area contributed by atoms with Gasteiger partial charge in [-0.1, -0.05) is 32.1 Å². The predicted molar refractivity (Wildman–Crippen MR) is 72.4 cm³/mol. The Hall–Kier alpha value is -2.10. The summed E-state index contributed by atoms with van der Waals surface area (Å²) < 4.78 is 0. The Morgan fingerprint density at radius 1 is 1.33 bits per heavy atom. The fourth-order valence-electron chi connectivity index (χ4n) is 1.33. The lowest BCUT2D eigenvalue weighted by Crippen LogP contribution is -2.26. The van der Waals surface area contributed by atoms with Gasteiger partial charge in [0.05, 0.1) is 11.3 Å². The van der Waals surface area contributed by atoms with Crippen molar-refractivity contribution in [1.82, 2.24) is 5.32 Å². The molecule has 0 spiro atoms. The Bertz CT molecular complexity index is 453. The summed E-state index contributed by atoms with van der Waals surface area (Å²) in [6.07, 6.45) is 1.60. The third-order valence-corrected chi connectivity index (χ3v) is 2.36. The van der Waals surface area contributed by atoms with Gasteiger partial charge in [0.1, 0.15) is 0 Å². The van der Waals surface area contributed by atoms with E-state index in [1.807, 2.05) is 0 Å². The maximum Gasteiger partial charge on any atom is 0.253 e. The summed E-state index contributed by atoms with van der Waals surface area (Å²) in [4.78, 5) is 23.5. The molecule has 0 bridgehead atoms. The first-order chi connectivity index (χ1) is 8.56. The number of anilines is 1. The molecular weight excluding hydrogens is 228 g/mol. The first-order valence-electron chi connectivity index (χ1n) is 5.85. The number of carbonyl (C=O) groups excluding carboxylic acids is 2. The number of rotatable bonds is 5. The maximum atomic E-state index is 11.9. The maximum absolute atomic E-state index is 11.9. The minimum absolute atomic E-state index is 0.112. The lowest BCUT2D eigenvalue weighted by molar-refractivity contribution is -0.118. The molecule has 1 aromatic carbocycles. The second-order valence-corrected chi connectivity index (χ2v) is 4.19. The topological polar surface area (TPSA) is 58.2 Å². The van der Waals surface area contributed by atoms with Crippen LogP contribution in [0.5, 0.6) is 0 Å². The fourth-order valence-corrected chi connectivity index (χ4v) is 1.33. The lowest BCUT2D eigenvalue weighted by Gasteiger charge is -2.12. The van der Waals surface area contributed by atoms with Crippen molar-refractivity contribution in [2.45, 2.75) is 13.8 Å². The van der Waals surface area contributed by atoms with Crippen LogP contribution in [0, 0.1) is 5.92 Å². The Balaban J connectivity index is 2.88. The van der Waals surface area contributed by atoms with Crippen LogP contribution in [0.4, 0.5) is 5.69 Å². The monoisotopic (exact) mass is 246 g/mol. The first-order valence-corrected chi connectivity index (χ1v) is 5.85. The molecule has 0 saturated carbocycles. The third-order valence-electron chi connectivity index (χ3n) is 2.36. The molecule has 2 N–H and O–H groups in total. The molecule has 4 nitrogen and oxygen atoms in total. The SMILES string of the molecule is C=CCNC(=O)c1ccccc1NC(=O)C(C)C. The van der Waals surface area contributed by atoms with E-state index in [0.29, 0.717) is 17.8 Å². The Kier molecular flexibility index (Phi) is 5.11. The zero-order valence-electron chi connectivity index (χ0n) is 10.7. The molecule has 18 heavy (non-hydrogen) atoms. The summed E-state index contributed by atoms with van der Waals surface area (Å²) >= 11 is 0. The average Bonchev–Trinajstić information content (AvgIpc) is 2.36. The largest absolute Gasteiger partial charge is 0.349 e. The zero-order chi connectivity index (χ0) is 13.5. The molecule has 4 heteroatoms. The second kappa shape index (κ2) is 6.59. The van der Waals surface area contributed by atoms with Gasteiger partial charge >= 0.3 is 0 Å². The van der Waals surface area contributed by atoms with Crippen molar-refractivity contribution in [2.24, 2.45) is 5.92 Å². The van der Waals surface area contributed by atoms with Gasteiger partial charge in [0.25, 0.3) is 5.91 Å². The number of amides is 2. The van der Waals surface area contributed by atoms with Crippen LogP contribution in [-0.4, -0.2) is 18.4 Å². The van der Waals surface area contributed by atoms with Crippen LogP contribution in [-0.2, 0) is 4.79 Å². The van der Waals surface area contributed by atoms with Crippen molar-refractivity contribution in [3.8, 4) is 0 Å². The van der Waals surface area contributed by atoms with Gasteiger partial charge in [-0.3, -0.25) is 9.59 Å². The molecule has 0 aliphatic carbocycles. The van der Waals surface area contributed by atoms with Crippen molar-refractivity contribution >= 4 is 17.5 Å². The predicted octanol–water partition coefficient (Wildman–Crippen LogP) is 2.20. The molecule has 0 aromatic heterocycles. The molecule has 0 heterocycles. The van der Waals surface area contributed by atoms with Gasteiger partial charge in [0.2, 0.25) is 5.91 Å². The number of nitrogens with one attached hydrogen (secondary N) is 2. The zero-order valence-corrected chi connectivity index (χ0v) is 10.7. The minimum atomic E-state index is -0.227. The second-order valence-electron chi connectivity index (χ2n) is 4.19. The minimum Gasteiger partial charge on any atom is -0.349 e. The molecule has 0 radical (unpaired) electrons. The quantitative estimate of drug-likeness (QED) is 0.782. The van der Waals surface area contributed by atoms with E-state index in [4.69, 9.17) is 0 Å². The highest BCUT2D eigenvalue weighted by Gasteiger charge is 2.13. The molecule has 96 valence electrons. The molecule has 2 amide bonds. The van der Waals surface area contributed by atoms with Gasteiger partial charge in [0, 0.05) is 12.5 Å². The van der Waals surface area contributed by atoms with E-state index in [-0.39, 0.29) is 17.7 Å². The van der Waals surface area contributed by atoms with E-state index in [2.05, 4.69) is 17.2 Å². The molecule has 1 rings (SSSR count). The van der Waals surface area contributed by atoms with Gasteiger partial charge in [-0.2, -0.15) is 0 Å². The Morgan fingerprint density at radius 2 is 2.00 bits per heavy atom. The van der Waals surface area contributed by atoms with Crippen LogP contribution >= 0.6 is 0 Å². The number of hydrogen-bond acceptors (Lipinski definition) is 2. The van der Waals surface area contributed by atoms with Gasteiger partial charge in [-0.15, -0.1) is 6.58 Å². The molecule has 0 aliphatic rings. The number of hydrogen-bond donors (Lipinski definition) is 2. The molecule has 0 unspecified atom stereocenters. The van der Waals surface area contributed by atoms with Crippen LogP contribution < -0.4 is 10.6 Å². The van der Waals surface area contributed by atoms with Crippen LogP contribution in [0.1, 0.15) is 24.2 Å². The highest BCUT2D eigenvalue weighted by atomic mass is 16.2. The normalized spacial score (nSPS) is 9.94. The van der Waals surface area contributed by atoms with E-state index in [9.17, 15) is 9.59 Å². The smallest absolute Gasteiger partial charge is 0.253 e. The summed E-state index contributed by atoms with van der Waals surface area (Å²) in [5, 5.41) is 5.42. The average molecular weight is 246 g/mol. The van der Waals surface area contributed by atoms with Gasteiger partial charge < -0.3 is 10.6 Å². The van der Waals surface area contributed by atoms with Gasteiger partial charge in [0.15, 0.2) is 0 Å². The van der Waals surface area contributed by atoms with E-state index < -0.39 is 0 Å². The van der Waals surface area contributed by atoms with Crippen molar-refractivity contribution in [3.05, 3.63) is 42.5 Å². The lowest BCUT2D eigenvalue weighted by atomic mass is 10.1. The highest BCUT2D eigenvalue weighted by Crippen LogP contribution is 2.15. The molecule has 0 atom stereocenters. The Morgan fingerprint density at radius 3 is 2.61 bits per heavy atom. The van der Waals surface area contributed by atoms with Crippen LogP contribution in [0.25, 0.3) is 0 Å². The molecule has 0 fully saturated rings. The highest BCUT2D eigenvalue weighted by molar-refractivity contribution is 6.04. The number of para-hydroxylation sites is 1.